The highest BCUT2D eigenvalue weighted by Gasteiger charge is 1.96. The van der Waals surface area contributed by atoms with E-state index in [1.54, 1.807) is 0 Å². The van der Waals surface area contributed by atoms with E-state index in [1.165, 1.54) is 5.56 Å². The molecule has 3 nitrogen and oxygen atoms in total. The van der Waals surface area contributed by atoms with Gasteiger partial charge in [0.1, 0.15) is 0 Å². The molecule has 1 rings (SSSR count). The minimum atomic E-state index is 0.287. The van der Waals surface area contributed by atoms with Crippen molar-refractivity contribution in [3.05, 3.63) is 18.0 Å². The Balaban J connectivity index is 2.28. The van der Waals surface area contributed by atoms with Gasteiger partial charge < -0.3 is 5.73 Å². The van der Waals surface area contributed by atoms with Crippen LogP contribution in [0.2, 0.25) is 0 Å². The van der Waals surface area contributed by atoms with E-state index in [0.29, 0.717) is 0 Å². The number of nitrogens with zero attached hydrogens (tertiary/aromatic N) is 1. The van der Waals surface area contributed by atoms with Gasteiger partial charge in [0, 0.05) is 12.2 Å². The standard InChI is InChI=1S/C7H13N3/c1-6(8)2-3-7-4-9-10-5-7/h4-6H,2-3,8H2,1H3,(H,9,10)/t6-/m1/s1. The van der Waals surface area contributed by atoms with Crippen LogP contribution in [0.1, 0.15) is 18.9 Å². The summed E-state index contributed by atoms with van der Waals surface area (Å²) in [6.07, 6.45) is 5.79. The number of aryl methyl sites for hydroxylation is 1. The average Bonchev–Trinajstić information content (AvgIpc) is 2.34. The lowest BCUT2D eigenvalue weighted by molar-refractivity contribution is 0.666. The van der Waals surface area contributed by atoms with E-state index in [0.717, 1.165) is 12.8 Å². The molecule has 0 saturated carbocycles. The van der Waals surface area contributed by atoms with Crippen LogP contribution in [0.3, 0.4) is 0 Å². The second-order valence-corrected chi connectivity index (χ2v) is 2.62. The fourth-order valence-electron chi connectivity index (χ4n) is 0.809. The molecule has 0 aliphatic carbocycles. The van der Waals surface area contributed by atoms with Gasteiger partial charge >= 0.3 is 0 Å². The quantitative estimate of drug-likeness (QED) is 0.647. The van der Waals surface area contributed by atoms with Crippen molar-refractivity contribution in [3.8, 4) is 0 Å². The minimum absolute atomic E-state index is 0.287. The van der Waals surface area contributed by atoms with Crippen LogP contribution in [0, 0.1) is 0 Å². The molecule has 1 aromatic rings. The van der Waals surface area contributed by atoms with Crippen molar-refractivity contribution in [2.75, 3.05) is 0 Å². The summed E-state index contributed by atoms with van der Waals surface area (Å²) in [4.78, 5) is 0. The number of aromatic nitrogens is 2. The molecule has 1 heterocycles. The number of rotatable bonds is 3. The summed E-state index contributed by atoms with van der Waals surface area (Å²) in [5, 5.41) is 6.60. The van der Waals surface area contributed by atoms with Crippen LogP contribution in [0.15, 0.2) is 12.4 Å². The maximum absolute atomic E-state index is 5.58. The lowest BCUT2D eigenvalue weighted by Crippen LogP contribution is -2.15. The van der Waals surface area contributed by atoms with Crippen molar-refractivity contribution in [1.29, 1.82) is 0 Å². The van der Waals surface area contributed by atoms with Gasteiger partial charge in [-0.3, -0.25) is 5.10 Å². The van der Waals surface area contributed by atoms with E-state index < -0.39 is 0 Å². The highest BCUT2D eigenvalue weighted by atomic mass is 15.1. The molecule has 0 unspecified atom stereocenters. The zero-order valence-corrected chi connectivity index (χ0v) is 6.17. The second-order valence-electron chi connectivity index (χ2n) is 2.62. The van der Waals surface area contributed by atoms with Crippen LogP contribution in [-0.4, -0.2) is 16.2 Å². The van der Waals surface area contributed by atoms with Crippen LogP contribution in [-0.2, 0) is 6.42 Å². The van der Waals surface area contributed by atoms with Crippen LogP contribution in [0.25, 0.3) is 0 Å². The Bertz CT molecular complexity index is 167. The zero-order valence-electron chi connectivity index (χ0n) is 6.17. The molecule has 0 aliphatic heterocycles. The van der Waals surface area contributed by atoms with Gasteiger partial charge in [-0.05, 0) is 25.3 Å². The molecule has 0 amide bonds. The fourth-order valence-corrected chi connectivity index (χ4v) is 0.809. The summed E-state index contributed by atoms with van der Waals surface area (Å²) < 4.78 is 0. The van der Waals surface area contributed by atoms with Gasteiger partial charge in [-0.1, -0.05) is 0 Å². The predicted octanol–water partition coefficient (Wildman–Crippen LogP) is 0.690. The van der Waals surface area contributed by atoms with Crippen LogP contribution in [0.4, 0.5) is 0 Å². The van der Waals surface area contributed by atoms with E-state index in [-0.39, 0.29) is 6.04 Å². The molecular formula is C7H13N3. The van der Waals surface area contributed by atoms with Crippen molar-refractivity contribution in [2.45, 2.75) is 25.8 Å². The van der Waals surface area contributed by atoms with E-state index >= 15 is 0 Å². The van der Waals surface area contributed by atoms with E-state index in [9.17, 15) is 0 Å². The third-order valence-electron chi connectivity index (χ3n) is 1.44. The molecule has 0 radical (unpaired) electrons. The molecule has 3 N–H and O–H groups in total. The summed E-state index contributed by atoms with van der Waals surface area (Å²) >= 11 is 0. The van der Waals surface area contributed by atoms with Gasteiger partial charge in [-0.25, -0.2) is 0 Å². The Hall–Kier alpha value is -0.830. The number of nitrogens with two attached hydrogens (primary N) is 1. The van der Waals surface area contributed by atoms with Crippen molar-refractivity contribution in [2.24, 2.45) is 5.73 Å². The largest absolute Gasteiger partial charge is 0.328 e. The normalized spacial score (nSPS) is 13.4. The van der Waals surface area contributed by atoms with E-state index in [1.807, 2.05) is 19.3 Å². The third kappa shape index (κ3) is 2.19. The van der Waals surface area contributed by atoms with Gasteiger partial charge in [-0.2, -0.15) is 5.10 Å². The first-order chi connectivity index (χ1) is 4.79. The fraction of sp³-hybridized carbons (Fsp3) is 0.571. The zero-order chi connectivity index (χ0) is 7.40. The minimum Gasteiger partial charge on any atom is -0.328 e. The Kier molecular flexibility index (Phi) is 2.45. The topological polar surface area (TPSA) is 54.7 Å². The molecule has 0 aliphatic rings. The highest BCUT2D eigenvalue weighted by Crippen LogP contribution is 1.99. The lowest BCUT2D eigenvalue weighted by atomic mass is 10.1. The molecule has 0 saturated heterocycles. The monoisotopic (exact) mass is 139 g/mol. The van der Waals surface area contributed by atoms with Crippen molar-refractivity contribution in [1.82, 2.24) is 10.2 Å². The van der Waals surface area contributed by atoms with Crippen LogP contribution in [0.5, 0.6) is 0 Å². The van der Waals surface area contributed by atoms with Crippen molar-refractivity contribution >= 4 is 0 Å². The lowest BCUT2D eigenvalue weighted by Gasteiger charge is -2.00. The Morgan fingerprint density at radius 3 is 3.10 bits per heavy atom. The van der Waals surface area contributed by atoms with Crippen LogP contribution < -0.4 is 5.73 Å². The smallest absolute Gasteiger partial charge is 0.0519 e. The molecule has 0 fully saturated rings. The van der Waals surface area contributed by atoms with Gasteiger partial charge in [-0.15, -0.1) is 0 Å². The van der Waals surface area contributed by atoms with Crippen molar-refractivity contribution in [3.63, 3.8) is 0 Å². The molecule has 10 heavy (non-hydrogen) atoms. The summed E-state index contributed by atoms with van der Waals surface area (Å²) in [5.41, 5.74) is 6.81. The number of hydrogen-bond acceptors (Lipinski definition) is 2. The number of hydrogen-bond donors (Lipinski definition) is 2. The van der Waals surface area contributed by atoms with Gasteiger partial charge in [0.15, 0.2) is 0 Å². The molecule has 56 valence electrons. The third-order valence-corrected chi connectivity index (χ3v) is 1.44. The molecule has 1 atom stereocenters. The second kappa shape index (κ2) is 3.37. The van der Waals surface area contributed by atoms with Gasteiger partial charge in [0.25, 0.3) is 0 Å². The SMILES string of the molecule is C[C@@H](N)CCc1cn[nH]c1. The summed E-state index contributed by atoms with van der Waals surface area (Å²) in [5.74, 6) is 0. The van der Waals surface area contributed by atoms with E-state index in [4.69, 9.17) is 5.73 Å². The first-order valence-electron chi connectivity index (χ1n) is 3.52. The predicted molar refractivity (Wildman–Crippen MR) is 40.6 cm³/mol. The molecule has 3 heteroatoms. The van der Waals surface area contributed by atoms with Crippen molar-refractivity contribution < 1.29 is 0 Å². The number of H-pyrrole nitrogens is 1. The van der Waals surface area contributed by atoms with E-state index in [2.05, 4.69) is 10.2 Å². The molecular weight excluding hydrogens is 126 g/mol. The summed E-state index contributed by atoms with van der Waals surface area (Å²) in [6.45, 7) is 2.01. The molecule has 0 bridgehead atoms. The summed E-state index contributed by atoms with van der Waals surface area (Å²) in [6, 6.07) is 0.287. The number of aromatic amines is 1. The molecule has 0 spiro atoms. The van der Waals surface area contributed by atoms with Gasteiger partial charge in [0.05, 0.1) is 6.20 Å². The summed E-state index contributed by atoms with van der Waals surface area (Å²) in [7, 11) is 0. The molecule has 1 aromatic heterocycles. The maximum atomic E-state index is 5.58. The average molecular weight is 139 g/mol. The Morgan fingerprint density at radius 2 is 2.60 bits per heavy atom. The Labute approximate surface area is 60.6 Å². The Morgan fingerprint density at radius 1 is 1.80 bits per heavy atom. The van der Waals surface area contributed by atoms with Crippen LogP contribution >= 0.6 is 0 Å². The number of nitrogens with one attached hydrogen (secondary N) is 1. The molecule has 0 aromatic carbocycles. The maximum Gasteiger partial charge on any atom is 0.0519 e. The van der Waals surface area contributed by atoms with Gasteiger partial charge in [0.2, 0.25) is 0 Å². The highest BCUT2D eigenvalue weighted by molar-refractivity contribution is 5.02. The first-order valence-corrected chi connectivity index (χ1v) is 3.52. The first kappa shape index (κ1) is 7.28.